The summed E-state index contributed by atoms with van der Waals surface area (Å²) >= 11 is 0. The summed E-state index contributed by atoms with van der Waals surface area (Å²) in [6.45, 7) is 3.05. The molecule has 2 N–H and O–H groups in total. The third-order valence-corrected chi connectivity index (χ3v) is 6.69. The molecule has 11 heteroatoms. The zero-order chi connectivity index (χ0) is 26.4. The van der Waals surface area contributed by atoms with E-state index in [9.17, 15) is 22.4 Å². The predicted molar refractivity (Wildman–Crippen MR) is 127 cm³/mol. The van der Waals surface area contributed by atoms with Crippen LogP contribution in [0.5, 0.6) is 11.6 Å². The molecule has 1 aromatic carbocycles. The Labute approximate surface area is 210 Å². The number of rotatable bonds is 7. The Hall–Kier alpha value is -3.89. The van der Waals surface area contributed by atoms with E-state index in [1.165, 1.54) is 6.07 Å². The van der Waals surface area contributed by atoms with Gasteiger partial charge in [-0.05, 0) is 62.2 Å². The third-order valence-electron chi connectivity index (χ3n) is 6.69. The van der Waals surface area contributed by atoms with Gasteiger partial charge in [-0.3, -0.25) is 4.79 Å². The molecule has 37 heavy (non-hydrogen) atoms. The highest BCUT2D eigenvalue weighted by atomic mass is 19.4. The molecule has 194 valence electrons. The van der Waals surface area contributed by atoms with Gasteiger partial charge in [-0.25, -0.2) is 14.4 Å². The Morgan fingerprint density at radius 3 is 2.62 bits per heavy atom. The standard InChI is InChI=1S/C26H24F4N4O3/c1-2-36-24-17(4-3-9-32-24)19-6-8-21(22(33-19)23(31)35)37-16-11-25(12-16)13-34(14-25)20-7-5-15(27)10-18(20)26(28,29)30/h3-10,16H,2,11-14H2,1H3,(H2,31,35). The minimum atomic E-state index is -4.64. The second kappa shape index (κ2) is 9.20. The maximum absolute atomic E-state index is 13.4. The van der Waals surface area contributed by atoms with Crippen molar-refractivity contribution in [2.45, 2.75) is 32.0 Å². The van der Waals surface area contributed by atoms with E-state index < -0.39 is 23.5 Å². The number of primary amides is 1. The third kappa shape index (κ3) is 4.77. The van der Waals surface area contributed by atoms with Crippen LogP contribution in [0.15, 0.2) is 48.7 Å². The van der Waals surface area contributed by atoms with E-state index in [0.717, 1.165) is 6.07 Å². The molecule has 0 bridgehead atoms. The average molecular weight is 516 g/mol. The van der Waals surface area contributed by atoms with Crippen LogP contribution in [0.3, 0.4) is 0 Å². The molecule has 1 spiro atoms. The summed E-state index contributed by atoms with van der Waals surface area (Å²) in [5, 5.41) is 0. The first-order valence-corrected chi connectivity index (χ1v) is 11.8. The van der Waals surface area contributed by atoms with Crippen LogP contribution in [0.1, 0.15) is 35.8 Å². The molecule has 1 saturated carbocycles. The van der Waals surface area contributed by atoms with Gasteiger partial charge in [0.1, 0.15) is 11.9 Å². The number of alkyl halides is 3. The normalized spacial score (nSPS) is 16.7. The molecular weight excluding hydrogens is 492 g/mol. The summed E-state index contributed by atoms with van der Waals surface area (Å²) in [4.78, 5) is 22.3. The second-order valence-corrected chi connectivity index (χ2v) is 9.36. The minimum Gasteiger partial charge on any atom is -0.488 e. The van der Waals surface area contributed by atoms with Gasteiger partial charge < -0.3 is 20.1 Å². The van der Waals surface area contributed by atoms with Crippen LogP contribution < -0.4 is 20.1 Å². The van der Waals surface area contributed by atoms with E-state index in [-0.39, 0.29) is 28.6 Å². The van der Waals surface area contributed by atoms with E-state index in [1.807, 2.05) is 6.92 Å². The highest BCUT2D eigenvalue weighted by Gasteiger charge is 2.54. The molecule has 3 heterocycles. The van der Waals surface area contributed by atoms with Gasteiger partial charge in [0.2, 0.25) is 5.88 Å². The highest BCUT2D eigenvalue weighted by molar-refractivity contribution is 5.94. The van der Waals surface area contributed by atoms with Crippen molar-refractivity contribution in [3.8, 4) is 22.9 Å². The molecule has 3 aromatic rings. The summed E-state index contributed by atoms with van der Waals surface area (Å²) in [5.74, 6) is -1.05. The Bertz CT molecular complexity index is 1330. The van der Waals surface area contributed by atoms with E-state index >= 15 is 0 Å². The highest BCUT2D eigenvalue weighted by Crippen LogP contribution is 2.52. The Morgan fingerprint density at radius 2 is 1.95 bits per heavy atom. The van der Waals surface area contributed by atoms with Gasteiger partial charge >= 0.3 is 6.18 Å². The number of carbonyl (C=O) groups excluding carboxylic acids is 1. The molecule has 1 aliphatic carbocycles. The first kappa shape index (κ1) is 24.8. The first-order valence-electron chi connectivity index (χ1n) is 11.8. The lowest BCUT2D eigenvalue weighted by Gasteiger charge is -2.59. The van der Waals surface area contributed by atoms with Crippen LogP contribution in [0.25, 0.3) is 11.3 Å². The quantitative estimate of drug-likeness (QED) is 0.452. The topological polar surface area (TPSA) is 90.6 Å². The number of anilines is 1. The van der Waals surface area contributed by atoms with Gasteiger partial charge in [0.15, 0.2) is 11.4 Å². The van der Waals surface area contributed by atoms with Crippen molar-refractivity contribution in [3.63, 3.8) is 0 Å². The zero-order valence-electron chi connectivity index (χ0n) is 19.9. The maximum Gasteiger partial charge on any atom is 0.418 e. The summed E-state index contributed by atoms with van der Waals surface area (Å²) < 4.78 is 65.1. The Kier molecular flexibility index (Phi) is 6.17. The molecular formula is C26H24F4N4O3. The van der Waals surface area contributed by atoms with Gasteiger partial charge in [-0.1, -0.05) is 0 Å². The molecule has 2 fully saturated rings. The van der Waals surface area contributed by atoms with Crippen LogP contribution in [-0.4, -0.2) is 41.7 Å². The van der Waals surface area contributed by atoms with Crippen molar-refractivity contribution in [2.75, 3.05) is 24.6 Å². The summed E-state index contributed by atoms with van der Waals surface area (Å²) in [5.41, 5.74) is 5.41. The van der Waals surface area contributed by atoms with E-state index in [4.69, 9.17) is 15.2 Å². The summed E-state index contributed by atoms with van der Waals surface area (Å²) in [6.07, 6.45) is -2.09. The smallest absolute Gasteiger partial charge is 0.418 e. The van der Waals surface area contributed by atoms with Crippen molar-refractivity contribution < 1.29 is 31.8 Å². The van der Waals surface area contributed by atoms with Crippen molar-refractivity contribution in [1.29, 1.82) is 0 Å². The number of hydrogen-bond acceptors (Lipinski definition) is 6. The van der Waals surface area contributed by atoms with Crippen LogP contribution in [-0.2, 0) is 6.18 Å². The molecule has 1 amide bonds. The SMILES string of the molecule is CCOc1ncccc1-c1ccc(OC2CC3(C2)CN(c2ccc(F)cc2C(F)(F)F)C3)c(C(N)=O)n1. The lowest BCUT2D eigenvalue weighted by molar-refractivity contribution is -0.137. The van der Waals surface area contributed by atoms with Crippen molar-refractivity contribution >= 4 is 11.6 Å². The molecule has 5 rings (SSSR count). The monoisotopic (exact) mass is 516 g/mol. The average Bonchev–Trinajstić information content (AvgIpc) is 2.80. The molecule has 0 unspecified atom stereocenters. The van der Waals surface area contributed by atoms with Gasteiger partial charge in [-0.15, -0.1) is 0 Å². The number of nitrogens with two attached hydrogens (primary N) is 1. The zero-order valence-corrected chi connectivity index (χ0v) is 19.9. The molecule has 1 saturated heterocycles. The van der Waals surface area contributed by atoms with Crippen molar-refractivity contribution in [1.82, 2.24) is 9.97 Å². The van der Waals surface area contributed by atoms with Crippen molar-refractivity contribution in [2.24, 2.45) is 11.1 Å². The van der Waals surface area contributed by atoms with E-state index in [2.05, 4.69) is 9.97 Å². The van der Waals surface area contributed by atoms with E-state index in [0.29, 0.717) is 55.7 Å². The van der Waals surface area contributed by atoms with Gasteiger partial charge in [-0.2, -0.15) is 13.2 Å². The van der Waals surface area contributed by atoms with Gasteiger partial charge in [0, 0.05) is 30.4 Å². The minimum absolute atomic E-state index is 0.0264. The molecule has 2 aromatic heterocycles. The molecule has 0 atom stereocenters. The summed E-state index contributed by atoms with van der Waals surface area (Å²) in [7, 11) is 0. The molecule has 1 aliphatic heterocycles. The van der Waals surface area contributed by atoms with Crippen LogP contribution in [0, 0.1) is 11.2 Å². The van der Waals surface area contributed by atoms with E-state index in [1.54, 1.807) is 35.4 Å². The number of pyridine rings is 2. The van der Waals surface area contributed by atoms with Crippen molar-refractivity contribution in [3.05, 3.63) is 65.7 Å². The molecule has 2 aliphatic rings. The number of amides is 1. The maximum atomic E-state index is 13.4. The Morgan fingerprint density at radius 1 is 1.19 bits per heavy atom. The number of hydrogen-bond donors (Lipinski definition) is 1. The molecule has 0 radical (unpaired) electrons. The largest absolute Gasteiger partial charge is 0.488 e. The van der Waals surface area contributed by atoms with Gasteiger partial charge in [0.25, 0.3) is 5.91 Å². The van der Waals surface area contributed by atoms with Crippen LogP contribution in [0.4, 0.5) is 23.2 Å². The predicted octanol–water partition coefficient (Wildman–Crippen LogP) is 4.85. The fraction of sp³-hybridized carbons (Fsp3) is 0.346. The number of ether oxygens (including phenoxy) is 2. The number of halogens is 4. The van der Waals surface area contributed by atoms with Crippen LogP contribution >= 0.6 is 0 Å². The number of benzene rings is 1. The lowest BCUT2D eigenvalue weighted by atomic mass is 9.61. The van der Waals surface area contributed by atoms with Crippen LogP contribution in [0.2, 0.25) is 0 Å². The second-order valence-electron chi connectivity index (χ2n) is 9.36. The fourth-order valence-corrected chi connectivity index (χ4v) is 5.08. The first-order chi connectivity index (χ1) is 17.6. The van der Waals surface area contributed by atoms with Gasteiger partial charge in [0.05, 0.1) is 23.4 Å². The molecule has 7 nitrogen and oxygen atoms in total. The number of nitrogens with zero attached hydrogens (tertiary/aromatic N) is 3. The Balaban J connectivity index is 1.26. The lowest BCUT2D eigenvalue weighted by Crippen LogP contribution is -2.65. The number of carbonyl (C=O) groups is 1. The number of aromatic nitrogens is 2. The summed E-state index contributed by atoms with van der Waals surface area (Å²) in [6, 6.07) is 9.54. The fourth-order valence-electron chi connectivity index (χ4n) is 5.08.